The molecule has 1 atom stereocenters. The Morgan fingerprint density at radius 2 is 1.68 bits per heavy atom. The Bertz CT molecular complexity index is 473. The van der Waals surface area contributed by atoms with Crippen molar-refractivity contribution in [1.29, 1.82) is 0 Å². The molecule has 1 aromatic rings. The van der Waals surface area contributed by atoms with Gasteiger partial charge in [0.2, 0.25) is 0 Å². The van der Waals surface area contributed by atoms with Crippen LogP contribution in [0.4, 0.5) is 0 Å². The standard InChI is InChI=1S/C17H24INO3/c18-14-11-9-13(10-12-14)5-4-7-15(20)6-2-1-3-8-16(19)17(21)22/h9-12,16H,1-8,19H2,(H,21,22)/t16-/m0/s1. The largest absolute Gasteiger partial charge is 0.480 e. The minimum Gasteiger partial charge on any atom is -0.480 e. The summed E-state index contributed by atoms with van der Waals surface area (Å²) in [7, 11) is 0. The summed E-state index contributed by atoms with van der Waals surface area (Å²) in [5, 5.41) is 8.65. The quantitative estimate of drug-likeness (QED) is 0.426. The van der Waals surface area contributed by atoms with Crippen molar-refractivity contribution in [1.82, 2.24) is 0 Å². The number of unbranched alkanes of at least 4 members (excludes halogenated alkanes) is 2. The number of nitrogens with two attached hydrogens (primary N) is 1. The molecule has 0 aliphatic carbocycles. The number of ketones is 1. The van der Waals surface area contributed by atoms with Crippen molar-refractivity contribution in [2.45, 2.75) is 57.4 Å². The molecule has 0 fully saturated rings. The van der Waals surface area contributed by atoms with Crippen LogP contribution in [0.2, 0.25) is 0 Å². The number of carbonyl (C=O) groups excluding carboxylic acids is 1. The lowest BCUT2D eigenvalue weighted by Crippen LogP contribution is -2.29. The first-order valence-electron chi connectivity index (χ1n) is 7.73. The van der Waals surface area contributed by atoms with Crippen molar-refractivity contribution in [2.24, 2.45) is 5.73 Å². The van der Waals surface area contributed by atoms with Crippen LogP contribution < -0.4 is 5.73 Å². The highest BCUT2D eigenvalue weighted by Crippen LogP contribution is 2.11. The van der Waals surface area contributed by atoms with Crippen LogP contribution in [0.25, 0.3) is 0 Å². The molecule has 0 unspecified atom stereocenters. The molecule has 0 saturated heterocycles. The van der Waals surface area contributed by atoms with Gasteiger partial charge in [0.1, 0.15) is 11.8 Å². The zero-order valence-electron chi connectivity index (χ0n) is 12.8. The lowest BCUT2D eigenvalue weighted by atomic mass is 10.0. The van der Waals surface area contributed by atoms with Crippen LogP contribution in [0.5, 0.6) is 0 Å². The fourth-order valence-corrected chi connectivity index (χ4v) is 2.61. The van der Waals surface area contributed by atoms with Crippen LogP contribution in [0.1, 0.15) is 50.5 Å². The van der Waals surface area contributed by atoms with Gasteiger partial charge in [-0.15, -0.1) is 0 Å². The average molecular weight is 417 g/mol. The van der Waals surface area contributed by atoms with E-state index < -0.39 is 12.0 Å². The molecule has 0 radical (unpaired) electrons. The zero-order chi connectivity index (χ0) is 16.4. The highest BCUT2D eigenvalue weighted by molar-refractivity contribution is 14.1. The molecule has 5 heteroatoms. The van der Waals surface area contributed by atoms with Crippen LogP contribution in [0.3, 0.4) is 0 Å². The van der Waals surface area contributed by atoms with Gasteiger partial charge in [-0.3, -0.25) is 9.59 Å². The lowest BCUT2D eigenvalue weighted by molar-refractivity contribution is -0.138. The smallest absolute Gasteiger partial charge is 0.320 e. The van der Waals surface area contributed by atoms with Crippen molar-refractivity contribution in [2.75, 3.05) is 0 Å². The van der Waals surface area contributed by atoms with E-state index in [4.69, 9.17) is 10.8 Å². The van der Waals surface area contributed by atoms with E-state index >= 15 is 0 Å². The molecule has 122 valence electrons. The van der Waals surface area contributed by atoms with E-state index in [0.29, 0.717) is 25.0 Å². The Balaban J connectivity index is 2.04. The van der Waals surface area contributed by atoms with Gasteiger partial charge in [0.15, 0.2) is 0 Å². The van der Waals surface area contributed by atoms with Crippen LogP contribution >= 0.6 is 22.6 Å². The fraction of sp³-hybridized carbons (Fsp3) is 0.529. The lowest BCUT2D eigenvalue weighted by Gasteiger charge is -2.05. The van der Waals surface area contributed by atoms with Gasteiger partial charge in [-0.1, -0.05) is 25.0 Å². The van der Waals surface area contributed by atoms with Gasteiger partial charge in [-0.2, -0.15) is 0 Å². The molecule has 1 aromatic carbocycles. The van der Waals surface area contributed by atoms with Crippen molar-refractivity contribution in [3.63, 3.8) is 0 Å². The highest BCUT2D eigenvalue weighted by atomic mass is 127. The second-order valence-corrected chi connectivity index (χ2v) is 6.81. The van der Waals surface area contributed by atoms with Crippen LogP contribution in [0.15, 0.2) is 24.3 Å². The number of aliphatic carboxylic acids is 1. The monoisotopic (exact) mass is 417 g/mol. The number of aryl methyl sites for hydroxylation is 1. The Labute approximate surface area is 145 Å². The molecule has 1 rings (SSSR count). The molecule has 0 heterocycles. The third-order valence-corrected chi connectivity index (χ3v) is 4.34. The van der Waals surface area contributed by atoms with E-state index in [1.165, 1.54) is 9.13 Å². The van der Waals surface area contributed by atoms with E-state index in [2.05, 4.69) is 46.9 Å². The summed E-state index contributed by atoms with van der Waals surface area (Å²) in [6.45, 7) is 0. The number of carboxylic acid groups (broad SMARTS) is 1. The van der Waals surface area contributed by atoms with E-state index in [0.717, 1.165) is 32.1 Å². The maximum absolute atomic E-state index is 11.8. The van der Waals surface area contributed by atoms with Crippen LogP contribution in [0, 0.1) is 3.57 Å². The predicted octanol–water partition coefficient (Wildman–Crippen LogP) is 3.55. The van der Waals surface area contributed by atoms with Gasteiger partial charge in [0, 0.05) is 16.4 Å². The molecule has 0 spiro atoms. The second kappa shape index (κ2) is 10.7. The van der Waals surface area contributed by atoms with Crippen molar-refractivity contribution >= 4 is 34.3 Å². The molecule has 0 saturated carbocycles. The summed E-state index contributed by atoms with van der Waals surface area (Å²) in [5.41, 5.74) is 6.70. The minimum absolute atomic E-state index is 0.299. The van der Waals surface area contributed by atoms with E-state index in [9.17, 15) is 9.59 Å². The molecule has 0 amide bonds. The van der Waals surface area contributed by atoms with E-state index in [1.807, 2.05) is 0 Å². The van der Waals surface area contributed by atoms with Gasteiger partial charge in [-0.25, -0.2) is 0 Å². The Morgan fingerprint density at radius 1 is 1.05 bits per heavy atom. The summed E-state index contributed by atoms with van der Waals surface area (Å²) >= 11 is 2.28. The average Bonchev–Trinajstić information content (AvgIpc) is 2.48. The maximum atomic E-state index is 11.8. The summed E-state index contributed by atoms with van der Waals surface area (Å²) in [6.07, 6.45) is 5.99. The Hall–Kier alpha value is -0.950. The highest BCUT2D eigenvalue weighted by Gasteiger charge is 2.10. The SMILES string of the molecule is N[C@@H](CCCCCC(=O)CCCc1ccc(I)cc1)C(=O)O. The first-order valence-corrected chi connectivity index (χ1v) is 8.81. The number of hydrogen-bond donors (Lipinski definition) is 2. The fourth-order valence-electron chi connectivity index (χ4n) is 2.25. The van der Waals surface area contributed by atoms with Crippen molar-refractivity contribution in [3.05, 3.63) is 33.4 Å². The summed E-state index contributed by atoms with van der Waals surface area (Å²) in [4.78, 5) is 22.3. The number of rotatable bonds is 11. The van der Waals surface area contributed by atoms with Crippen molar-refractivity contribution in [3.8, 4) is 0 Å². The number of halogens is 1. The predicted molar refractivity (Wildman–Crippen MR) is 95.8 cm³/mol. The third kappa shape index (κ3) is 8.48. The van der Waals surface area contributed by atoms with Crippen LogP contribution in [-0.2, 0) is 16.0 Å². The van der Waals surface area contributed by atoms with Gasteiger partial charge >= 0.3 is 5.97 Å². The Kier molecular flexibility index (Phi) is 9.31. The summed E-state index contributed by atoms with van der Waals surface area (Å²) in [5.74, 6) is -0.653. The van der Waals surface area contributed by atoms with Gasteiger partial charge in [0.25, 0.3) is 0 Å². The molecule has 0 aromatic heterocycles. The van der Waals surface area contributed by atoms with E-state index in [1.54, 1.807) is 0 Å². The number of hydrogen-bond acceptors (Lipinski definition) is 3. The first kappa shape index (κ1) is 19.1. The second-order valence-electron chi connectivity index (χ2n) is 5.56. The van der Waals surface area contributed by atoms with E-state index in [-0.39, 0.29) is 0 Å². The van der Waals surface area contributed by atoms with Gasteiger partial charge in [-0.05, 0) is 66.0 Å². The number of benzene rings is 1. The zero-order valence-corrected chi connectivity index (χ0v) is 14.9. The molecular formula is C17H24INO3. The van der Waals surface area contributed by atoms with Gasteiger partial charge in [0.05, 0.1) is 0 Å². The van der Waals surface area contributed by atoms with Crippen molar-refractivity contribution < 1.29 is 14.7 Å². The molecule has 3 N–H and O–H groups in total. The van der Waals surface area contributed by atoms with Crippen LogP contribution in [-0.4, -0.2) is 22.9 Å². The third-order valence-electron chi connectivity index (χ3n) is 3.62. The summed E-state index contributed by atoms with van der Waals surface area (Å²) in [6, 6.07) is 7.61. The molecule has 4 nitrogen and oxygen atoms in total. The number of carbonyl (C=O) groups is 2. The topological polar surface area (TPSA) is 80.4 Å². The molecule has 0 aliphatic heterocycles. The normalized spacial score (nSPS) is 12.1. The molecular weight excluding hydrogens is 393 g/mol. The number of carboxylic acids is 1. The minimum atomic E-state index is -0.952. The summed E-state index contributed by atoms with van der Waals surface area (Å²) < 4.78 is 1.22. The first-order chi connectivity index (χ1) is 10.5. The number of Topliss-reactive ketones (excluding diaryl/α,β-unsaturated/α-hetero) is 1. The molecule has 0 aliphatic rings. The van der Waals surface area contributed by atoms with Gasteiger partial charge < -0.3 is 10.8 Å². The molecule has 0 bridgehead atoms. The Morgan fingerprint density at radius 3 is 2.32 bits per heavy atom. The molecule has 22 heavy (non-hydrogen) atoms. The maximum Gasteiger partial charge on any atom is 0.320 e.